The van der Waals surface area contributed by atoms with E-state index < -0.39 is 0 Å². The minimum Gasteiger partial charge on any atom is -0.380 e. The van der Waals surface area contributed by atoms with Gasteiger partial charge in [0.1, 0.15) is 5.01 Å². The molecule has 114 valence electrons. The first-order valence-corrected chi connectivity index (χ1v) is 7.95. The van der Waals surface area contributed by atoms with Crippen molar-refractivity contribution in [3.05, 3.63) is 16.8 Å². The van der Waals surface area contributed by atoms with E-state index in [2.05, 4.69) is 20.8 Å². The fourth-order valence-electron chi connectivity index (χ4n) is 2.05. The SMILES string of the molecule is CO[C@@H]1CN[C@@H](C(=O)Nc2nnc(-c3ccsc3)s2)C1.Cl. The van der Waals surface area contributed by atoms with Crippen LogP contribution in [0.3, 0.4) is 0 Å². The molecule has 2 aromatic rings. The lowest BCUT2D eigenvalue weighted by molar-refractivity contribution is -0.118. The number of ether oxygens (including phenoxy) is 1. The van der Waals surface area contributed by atoms with Gasteiger partial charge in [0.2, 0.25) is 11.0 Å². The van der Waals surface area contributed by atoms with Gasteiger partial charge in [-0.05, 0) is 17.9 Å². The summed E-state index contributed by atoms with van der Waals surface area (Å²) in [7, 11) is 1.66. The number of hydrogen-bond acceptors (Lipinski definition) is 7. The Balaban J connectivity index is 0.00000161. The van der Waals surface area contributed by atoms with Gasteiger partial charge in [-0.2, -0.15) is 11.3 Å². The second-order valence-electron chi connectivity index (χ2n) is 4.47. The number of aromatic nitrogens is 2. The van der Waals surface area contributed by atoms with E-state index in [4.69, 9.17) is 4.74 Å². The van der Waals surface area contributed by atoms with Crippen molar-refractivity contribution in [1.29, 1.82) is 0 Å². The van der Waals surface area contributed by atoms with Gasteiger partial charge in [-0.1, -0.05) is 11.3 Å². The maximum Gasteiger partial charge on any atom is 0.243 e. The normalized spacial score (nSPS) is 21.0. The third kappa shape index (κ3) is 3.78. The van der Waals surface area contributed by atoms with Gasteiger partial charge in [0.15, 0.2) is 0 Å². The van der Waals surface area contributed by atoms with Crippen LogP contribution in [0.5, 0.6) is 0 Å². The second kappa shape index (κ2) is 7.28. The van der Waals surface area contributed by atoms with Crippen LogP contribution in [-0.4, -0.2) is 41.9 Å². The maximum atomic E-state index is 12.1. The Bertz CT molecular complexity index is 590. The summed E-state index contributed by atoms with van der Waals surface area (Å²) < 4.78 is 5.23. The summed E-state index contributed by atoms with van der Waals surface area (Å²) in [6.45, 7) is 0.699. The summed E-state index contributed by atoms with van der Waals surface area (Å²) in [5.41, 5.74) is 1.03. The molecule has 21 heavy (non-hydrogen) atoms. The summed E-state index contributed by atoms with van der Waals surface area (Å²) in [5, 5.41) is 19.4. The molecule has 1 aliphatic heterocycles. The molecular weight excluding hydrogens is 332 g/mol. The number of rotatable bonds is 4. The van der Waals surface area contributed by atoms with Crippen LogP contribution < -0.4 is 10.6 Å². The van der Waals surface area contributed by atoms with E-state index in [-0.39, 0.29) is 30.5 Å². The van der Waals surface area contributed by atoms with Crippen molar-refractivity contribution in [3.8, 4) is 10.6 Å². The summed E-state index contributed by atoms with van der Waals surface area (Å²) >= 11 is 2.99. The third-order valence-electron chi connectivity index (χ3n) is 3.16. The van der Waals surface area contributed by atoms with Crippen LogP contribution in [0.25, 0.3) is 10.6 Å². The fourth-order valence-corrected chi connectivity index (χ4v) is 3.51. The number of anilines is 1. The summed E-state index contributed by atoms with van der Waals surface area (Å²) in [5.74, 6) is -0.0856. The monoisotopic (exact) mass is 346 g/mol. The molecule has 1 saturated heterocycles. The zero-order valence-electron chi connectivity index (χ0n) is 11.2. The molecule has 1 aliphatic rings. The van der Waals surface area contributed by atoms with Crippen molar-refractivity contribution in [2.45, 2.75) is 18.6 Å². The van der Waals surface area contributed by atoms with Crippen LogP contribution in [0.2, 0.25) is 0 Å². The minimum absolute atomic E-state index is 0. The highest BCUT2D eigenvalue weighted by atomic mass is 35.5. The van der Waals surface area contributed by atoms with Gasteiger partial charge in [0, 0.05) is 24.6 Å². The summed E-state index contributed by atoms with van der Waals surface area (Å²) in [4.78, 5) is 12.1. The van der Waals surface area contributed by atoms with Gasteiger partial charge in [-0.3, -0.25) is 10.1 Å². The zero-order valence-corrected chi connectivity index (χ0v) is 13.7. The van der Waals surface area contributed by atoms with Gasteiger partial charge in [0.05, 0.1) is 12.1 Å². The van der Waals surface area contributed by atoms with Crippen molar-refractivity contribution < 1.29 is 9.53 Å². The van der Waals surface area contributed by atoms with Gasteiger partial charge in [-0.15, -0.1) is 22.6 Å². The first-order valence-electron chi connectivity index (χ1n) is 6.19. The molecule has 0 radical (unpaired) electrons. The van der Waals surface area contributed by atoms with E-state index in [1.54, 1.807) is 18.4 Å². The first-order chi connectivity index (χ1) is 9.76. The van der Waals surface area contributed by atoms with E-state index in [0.717, 1.165) is 10.6 Å². The molecule has 1 fully saturated rings. The lowest BCUT2D eigenvalue weighted by Gasteiger charge is -2.08. The standard InChI is InChI=1S/C12H14N4O2S2.ClH/c1-18-8-4-9(13-5-8)10(17)14-12-16-15-11(20-12)7-2-3-19-6-7;/h2-3,6,8-9,13H,4-5H2,1H3,(H,14,16,17);1H/t8-,9+;/m0./s1. The number of carbonyl (C=O) groups excluding carboxylic acids is 1. The topological polar surface area (TPSA) is 76.1 Å². The third-order valence-corrected chi connectivity index (χ3v) is 4.73. The van der Waals surface area contributed by atoms with Crippen LogP contribution in [0, 0.1) is 0 Å². The molecule has 0 unspecified atom stereocenters. The molecule has 3 heterocycles. The molecule has 0 bridgehead atoms. The Hall–Kier alpha value is -1.06. The molecule has 2 N–H and O–H groups in total. The number of halogens is 1. The number of nitrogens with one attached hydrogen (secondary N) is 2. The lowest BCUT2D eigenvalue weighted by atomic mass is 10.2. The summed E-state index contributed by atoms with van der Waals surface area (Å²) in [6, 6.07) is 1.76. The van der Waals surface area contributed by atoms with E-state index in [1.165, 1.54) is 11.3 Å². The predicted molar refractivity (Wildman–Crippen MR) is 86.3 cm³/mol. The molecular formula is C12H15ClN4O2S2. The largest absolute Gasteiger partial charge is 0.380 e. The van der Waals surface area contributed by atoms with E-state index in [9.17, 15) is 4.79 Å². The van der Waals surface area contributed by atoms with E-state index in [1.807, 2.05) is 16.8 Å². The van der Waals surface area contributed by atoms with Crippen molar-refractivity contribution >= 4 is 46.1 Å². The van der Waals surface area contributed by atoms with Crippen LogP contribution in [0.4, 0.5) is 5.13 Å². The Morgan fingerprint density at radius 2 is 2.38 bits per heavy atom. The van der Waals surface area contributed by atoms with Gasteiger partial charge in [0.25, 0.3) is 0 Å². The van der Waals surface area contributed by atoms with Gasteiger partial charge < -0.3 is 10.1 Å². The zero-order chi connectivity index (χ0) is 13.9. The van der Waals surface area contributed by atoms with Gasteiger partial charge >= 0.3 is 0 Å². The molecule has 0 aliphatic carbocycles. The quantitative estimate of drug-likeness (QED) is 0.885. The molecule has 0 spiro atoms. The molecule has 6 nitrogen and oxygen atoms in total. The van der Waals surface area contributed by atoms with Crippen LogP contribution in [0.15, 0.2) is 16.8 Å². The average molecular weight is 347 g/mol. The highest BCUT2D eigenvalue weighted by Crippen LogP contribution is 2.28. The molecule has 0 aromatic carbocycles. The second-order valence-corrected chi connectivity index (χ2v) is 6.23. The Kier molecular flexibility index (Phi) is 5.65. The number of methoxy groups -OCH3 is 1. The van der Waals surface area contributed by atoms with Crippen molar-refractivity contribution in [3.63, 3.8) is 0 Å². The predicted octanol–water partition coefficient (Wildman–Crippen LogP) is 2.00. The van der Waals surface area contributed by atoms with Crippen LogP contribution in [-0.2, 0) is 9.53 Å². The molecule has 0 saturated carbocycles. The highest BCUT2D eigenvalue weighted by Gasteiger charge is 2.29. The molecule has 1 amide bonds. The first kappa shape index (κ1) is 16.3. The molecule has 9 heteroatoms. The van der Waals surface area contributed by atoms with Crippen molar-refractivity contribution in [1.82, 2.24) is 15.5 Å². The Morgan fingerprint density at radius 1 is 1.52 bits per heavy atom. The maximum absolute atomic E-state index is 12.1. The highest BCUT2D eigenvalue weighted by molar-refractivity contribution is 7.19. The number of carbonyl (C=O) groups is 1. The number of thiophene rings is 1. The van der Waals surface area contributed by atoms with Crippen LogP contribution in [0.1, 0.15) is 6.42 Å². The average Bonchev–Trinajstić information content (AvgIpc) is 3.19. The molecule has 2 atom stereocenters. The smallest absolute Gasteiger partial charge is 0.243 e. The lowest BCUT2D eigenvalue weighted by Crippen LogP contribution is -2.35. The van der Waals surface area contributed by atoms with E-state index in [0.29, 0.717) is 18.1 Å². The van der Waals surface area contributed by atoms with Crippen LogP contribution >= 0.6 is 35.1 Å². The molecule has 3 rings (SSSR count). The number of nitrogens with zero attached hydrogens (tertiary/aromatic N) is 2. The minimum atomic E-state index is -0.228. The summed E-state index contributed by atoms with van der Waals surface area (Å²) in [6.07, 6.45) is 0.778. The fraction of sp³-hybridized carbons (Fsp3) is 0.417. The Morgan fingerprint density at radius 3 is 3.05 bits per heavy atom. The Labute approximate surface area is 136 Å². The van der Waals surface area contributed by atoms with Crippen molar-refractivity contribution in [2.75, 3.05) is 19.0 Å². The number of hydrogen-bond donors (Lipinski definition) is 2. The molecule has 2 aromatic heterocycles. The van der Waals surface area contributed by atoms with Gasteiger partial charge in [-0.25, -0.2) is 0 Å². The van der Waals surface area contributed by atoms with E-state index >= 15 is 0 Å². The van der Waals surface area contributed by atoms with Crippen molar-refractivity contribution in [2.24, 2.45) is 0 Å². The number of amides is 1.